The van der Waals surface area contributed by atoms with Crippen molar-refractivity contribution in [3.05, 3.63) is 78.1 Å². The Morgan fingerprint density at radius 2 is 1.68 bits per heavy atom. The monoisotopic (exact) mass is 400 g/mol. The third-order valence-electron chi connectivity index (χ3n) is 4.30. The van der Waals surface area contributed by atoms with Gasteiger partial charge in [0.15, 0.2) is 0 Å². The van der Waals surface area contributed by atoms with Gasteiger partial charge in [-0.3, -0.25) is 4.79 Å². The number of hydrogen-bond acceptors (Lipinski definition) is 3. The number of carbonyl (C=O) groups excluding carboxylic acids is 1. The average Bonchev–Trinajstić information content (AvgIpc) is 2.67. The Balaban J connectivity index is 1.47. The largest absolute Gasteiger partial charge is 0.356 e. The molecule has 0 fully saturated rings. The van der Waals surface area contributed by atoms with Crippen LogP contribution in [0.25, 0.3) is 10.8 Å². The van der Waals surface area contributed by atoms with Crippen LogP contribution in [0.2, 0.25) is 0 Å². The molecular weight excluding hydrogens is 379 g/mol. The molecule has 0 radical (unpaired) electrons. The Morgan fingerprint density at radius 3 is 2.46 bits per heavy atom. The molecule has 146 valence electrons. The van der Waals surface area contributed by atoms with E-state index >= 15 is 0 Å². The number of fused-ring (bicyclic) bond motifs is 1. The van der Waals surface area contributed by atoms with Crippen molar-refractivity contribution in [3.8, 4) is 0 Å². The first kappa shape index (κ1) is 20.0. The molecule has 0 spiro atoms. The zero-order valence-corrected chi connectivity index (χ0v) is 16.0. The molecule has 0 atom stereocenters. The van der Waals surface area contributed by atoms with E-state index in [9.17, 15) is 17.6 Å². The van der Waals surface area contributed by atoms with Crippen LogP contribution in [-0.2, 0) is 21.2 Å². The summed E-state index contributed by atoms with van der Waals surface area (Å²) < 4.78 is 40.4. The first-order chi connectivity index (χ1) is 13.4. The van der Waals surface area contributed by atoms with Gasteiger partial charge in [-0.25, -0.2) is 17.5 Å². The number of carbonyl (C=O) groups is 1. The van der Waals surface area contributed by atoms with Crippen molar-refractivity contribution in [1.82, 2.24) is 10.0 Å². The second kappa shape index (κ2) is 8.95. The zero-order valence-electron chi connectivity index (χ0n) is 15.2. The van der Waals surface area contributed by atoms with Crippen LogP contribution in [0.4, 0.5) is 4.39 Å². The van der Waals surface area contributed by atoms with Gasteiger partial charge in [0, 0.05) is 19.5 Å². The van der Waals surface area contributed by atoms with E-state index in [1.807, 2.05) is 24.3 Å². The van der Waals surface area contributed by atoms with E-state index < -0.39 is 10.0 Å². The third-order valence-corrected chi connectivity index (χ3v) is 5.76. The number of hydrogen-bond donors (Lipinski definition) is 2. The van der Waals surface area contributed by atoms with Gasteiger partial charge in [-0.2, -0.15) is 0 Å². The predicted octanol–water partition coefficient (Wildman–Crippen LogP) is 3.01. The standard InChI is InChI=1S/C21H21FN2O3S/c22-19-7-3-4-16(14-19)10-12-23-21(25)11-13-24-28(26,27)20-9-8-17-5-1-2-6-18(17)15-20/h1-9,14-15,24H,10-13H2,(H,23,25). The zero-order chi connectivity index (χ0) is 20.0. The molecule has 0 aliphatic carbocycles. The molecule has 3 aromatic carbocycles. The summed E-state index contributed by atoms with van der Waals surface area (Å²) in [7, 11) is -3.69. The van der Waals surface area contributed by atoms with E-state index in [0.29, 0.717) is 13.0 Å². The SMILES string of the molecule is O=C(CCNS(=O)(=O)c1ccc2ccccc2c1)NCCc1cccc(F)c1. The molecule has 0 aliphatic heterocycles. The molecule has 0 bridgehead atoms. The Hall–Kier alpha value is -2.77. The van der Waals surface area contributed by atoms with Crippen LogP contribution < -0.4 is 10.0 Å². The summed E-state index contributed by atoms with van der Waals surface area (Å²) in [6, 6.07) is 18.6. The second-order valence-electron chi connectivity index (χ2n) is 6.39. The fraction of sp³-hybridized carbons (Fsp3) is 0.190. The normalized spacial score (nSPS) is 11.5. The average molecular weight is 400 g/mol. The van der Waals surface area contributed by atoms with Gasteiger partial charge in [-0.05, 0) is 47.0 Å². The minimum absolute atomic E-state index is 0.000951. The summed E-state index contributed by atoms with van der Waals surface area (Å²) in [6.45, 7) is 0.362. The van der Waals surface area contributed by atoms with E-state index in [0.717, 1.165) is 16.3 Å². The van der Waals surface area contributed by atoms with E-state index in [4.69, 9.17) is 0 Å². The Kier molecular flexibility index (Phi) is 6.38. The molecule has 0 aromatic heterocycles. The fourth-order valence-corrected chi connectivity index (χ4v) is 3.91. The van der Waals surface area contributed by atoms with Crippen LogP contribution in [0.15, 0.2) is 71.6 Å². The van der Waals surface area contributed by atoms with Crippen LogP contribution in [0.5, 0.6) is 0 Å². The van der Waals surface area contributed by atoms with Crippen molar-refractivity contribution in [2.45, 2.75) is 17.7 Å². The number of halogens is 1. The number of benzene rings is 3. The van der Waals surface area contributed by atoms with Gasteiger partial charge in [0.1, 0.15) is 5.82 Å². The van der Waals surface area contributed by atoms with Crippen molar-refractivity contribution >= 4 is 26.7 Å². The molecule has 7 heteroatoms. The van der Waals surface area contributed by atoms with Gasteiger partial charge in [-0.1, -0.05) is 42.5 Å². The van der Waals surface area contributed by atoms with Crippen LogP contribution in [0, 0.1) is 5.82 Å². The fourth-order valence-electron chi connectivity index (χ4n) is 2.84. The summed E-state index contributed by atoms with van der Waals surface area (Å²) in [6.07, 6.45) is 0.530. The van der Waals surface area contributed by atoms with Crippen LogP contribution in [0.3, 0.4) is 0 Å². The molecule has 0 unspecified atom stereocenters. The van der Waals surface area contributed by atoms with Crippen molar-refractivity contribution in [2.24, 2.45) is 0 Å². The highest BCUT2D eigenvalue weighted by atomic mass is 32.2. The molecular formula is C21H21FN2O3S. The molecule has 3 aromatic rings. The Labute approximate surface area is 163 Å². The lowest BCUT2D eigenvalue weighted by Gasteiger charge is -2.09. The molecule has 0 heterocycles. The minimum atomic E-state index is -3.69. The van der Waals surface area contributed by atoms with Crippen molar-refractivity contribution < 1.29 is 17.6 Å². The number of rotatable bonds is 8. The van der Waals surface area contributed by atoms with Gasteiger partial charge in [-0.15, -0.1) is 0 Å². The summed E-state index contributed by atoms with van der Waals surface area (Å²) in [5, 5.41) is 4.50. The first-order valence-corrected chi connectivity index (χ1v) is 10.4. The minimum Gasteiger partial charge on any atom is -0.356 e. The predicted molar refractivity (Wildman–Crippen MR) is 107 cm³/mol. The second-order valence-corrected chi connectivity index (χ2v) is 8.15. The molecule has 1 amide bonds. The Morgan fingerprint density at radius 1 is 0.893 bits per heavy atom. The lowest BCUT2D eigenvalue weighted by atomic mass is 10.1. The summed E-state index contributed by atoms with van der Waals surface area (Å²) in [5.41, 5.74) is 0.789. The van der Waals surface area contributed by atoms with Gasteiger partial charge in [0.25, 0.3) is 0 Å². The van der Waals surface area contributed by atoms with E-state index in [1.165, 1.54) is 12.1 Å². The maximum absolute atomic E-state index is 13.1. The van der Waals surface area contributed by atoms with Crippen LogP contribution >= 0.6 is 0 Å². The first-order valence-electron chi connectivity index (χ1n) is 8.94. The third kappa shape index (κ3) is 5.37. The Bertz CT molecular complexity index is 1080. The van der Waals surface area contributed by atoms with E-state index in [-0.39, 0.29) is 29.6 Å². The molecule has 2 N–H and O–H groups in total. The topological polar surface area (TPSA) is 75.3 Å². The number of nitrogens with one attached hydrogen (secondary N) is 2. The molecule has 5 nitrogen and oxygen atoms in total. The lowest BCUT2D eigenvalue weighted by Crippen LogP contribution is -2.31. The summed E-state index contributed by atoms with van der Waals surface area (Å²) in [5.74, 6) is -0.579. The van der Waals surface area contributed by atoms with Gasteiger partial charge >= 0.3 is 0 Å². The van der Waals surface area contributed by atoms with E-state index in [1.54, 1.807) is 30.3 Å². The molecule has 0 aliphatic rings. The summed E-state index contributed by atoms with van der Waals surface area (Å²) in [4.78, 5) is 12.0. The van der Waals surface area contributed by atoms with Gasteiger partial charge in [0.05, 0.1) is 4.90 Å². The number of amides is 1. The molecule has 28 heavy (non-hydrogen) atoms. The van der Waals surface area contributed by atoms with Crippen molar-refractivity contribution in [1.29, 1.82) is 0 Å². The van der Waals surface area contributed by atoms with Crippen molar-refractivity contribution in [3.63, 3.8) is 0 Å². The molecule has 0 saturated carbocycles. The molecule has 0 saturated heterocycles. The molecule has 3 rings (SSSR count). The highest BCUT2D eigenvalue weighted by molar-refractivity contribution is 7.89. The smallest absolute Gasteiger partial charge is 0.240 e. The maximum Gasteiger partial charge on any atom is 0.240 e. The lowest BCUT2D eigenvalue weighted by molar-refractivity contribution is -0.120. The highest BCUT2D eigenvalue weighted by Gasteiger charge is 2.14. The summed E-state index contributed by atoms with van der Waals surface area (Å²) >= 11 is 0. The van der Waals surface area contributed by atoms with Crippen molar-refractivity contribution in [2.75, 3.05) is 13.1 Å². The van der Waals surface area contributed by atoms with Gasteiger partial charge < -0.3 is 5.32 Å². The quantitative estimate of drug-likeness (QED) is 0.610. The van der Waals surface area contributed by atoms with Crippen LogP contribution in [0.1, 0.15) is 12.0 Å². The highest BCUT2D eigenvalue weighted by Crippen LogP contribution is 2.18. The maximum atomic E-state index is 13.1. The van der Waals surface area contributed by atoms with Gasteiger partial charge in [0.2, 0.25) is 15.9 Å². The number of sulfonamides is 1. The van der Waals surface area contributed by atoms with Crippen LogP contribution in [-0.4, -0.2) is 27.4 Å². The van der Waals surface area contributed by atoms with E-state index in [2.05, 4.69) is 10.0 Å².